The maximum atomic E-state index is 9.72. The molecule has 1 atom stereocenters. The van der Waals surface area contributed by atoms with Crippen LogP contribution in [0.1, 0.15) is 11.7 Å². The maximum Gasteiger partial charge on any atom is 0.166 e. The first-order chi connectivity index (χ1) is 6.74. The Morgan fingerprint density at radius 1 is 1.43 bits per heavy atom. The van der Waals surface area contributed by atoms with Crippen molar-refractivity contribution in [1.29, 1.82) is 0 Å². The van der Waals surface area contributed by atoms with E-state index in [0.29, 0.717) is 11.7 Å². The van der Waals surface area contributed by atoms with E-state index in [0.717, 1.165) is 5.56 Å². The Kier molecular flexibility index (Phi) is 4.35. The molecule has 0 aromatic heterocycles. The summed E-state index contributed by atoms with van der Waals surface area (Å²) in [6, 6.07) is 9.48. The largest absolute Gasteiger partial charge is 0.387 e. The van der Waals surface area contributed by atoms with Gasteiger partial charge in [-0.25, -0.2) is 0 Å². The fourth-order valence-corrected chi connectivity index (χ4v) is 1.15. The van der Waals surface area contributed by atoms with Gasteiger partial charge in [0, 0.05) is 13.6 Å². The number of aliphatic hydroxyl groups excluding tert-OH is 1. The molecule has 0 saturated carbocycles. The van der Waals surface area contributed by atoms with Gasteiger partial charge in [0.1, 0.15) is 0 Å². The monoisotopic (exact) mass is 210 g/mol. The van der Waals surface area contributed by atoms with E-state index in [-0.39, 0.29) is 0 Å². The van der Waals surface area contributed by atoms with Crippen molar-refractivity contribution >= 4 is 17.3 Å². The molecular formula is C10H14N2OS. The van der Waals surface area contributed by atoms with Crippen LogP contribution in [0.3, 0.4) is 0 Å². The van der Waals surface area contributed by atoms with Gasteiger partial charge in [-0.3, -0.25) is 0 Å². The predicted octanol–water partition coefficient (Wildman–Crippen LogP) is 0.814. The summed E-state index contributed by atoms with van der Waals surface area (Å²) in [5.41, 5.74) is 0.888. The van der Waals surface area contributed by atoms with Crippen LogP contribution >= 0.6 is 12.2 Å². The standard InChI is InChI=1S/C10H14N2OS/c1-11-10(14)12-7-9(13)8-5-3-2-4-6-8/h2-6,9,13H,7H2,1H3,(H2,11,12,14). The average Bonchev–Trinajstić information content (AvgIpc) is 2.26. The van der Waals surface area contributed by atoms with Crippen LogP contribution in [-0.4, -0.2) is 23.8 Å². The van der Waals surface area contributed by atoms with Gasteiger partial charge < -0.3 is 15.7 Å². The molecule has 0 aliphatic carbocycles. The quantitative estimate of drug-likeness (QED) is 0.646. The second kappa shape index (κ2) is 5.57. The second-order valence-corrected chi connectivity index (χ2v) is 3.29. The van der Waals surface area contributed by atoms with Gasteiger partial charge in [0.2, 0.25) is 0 Å². The van der Waals surface area contributed by atoms with Crippen molar-refractivity contribution in [1.82, 2.24) is 10.6 Å². The van der Waals surface area contributed by atoms with Crippen LogP contribution in [-0.2, 0) is 0 Å². The minimum Gasteiger partial charge on any atom is -0.387 e. The van der Waals surface area contributed by atoms with E-state index in [1.807, 2.05) is 30.3 Å². The Hall–Kier alpha value is -1.13. The molecule has 4 heteroatoms. The van der Waals surface area contributed by atoms with Crippen LogP contribution in [0.2, 0.25) is 0 Å². The zero-order valence-corrected chi connectivity index (χ0v) is 8.84. The third kappa shape index (κ3) is 3.32. The van der Waals surface area contributed by atoms with Crippen molar-refractivity contribution < 1.29 is 5.11 Å². The van der Waals surface area contributed by atoms with Crippen molar-refractivity contribution in [3.8, 4) is 0 Å². The molecule has 0 spiro atoms. The fraction of sp³-hybridized carbons (Fsp3) is 0.300. The molecule has 0 saturated heterocycles. The van der Waals surface area contributed by atoms with Crippen LogP contribution in [0.15, 0.2) is 30.3 Å². The van der Waals surface area contributed by atoms with Crippen molar-refractivity contribution in [3.05, 3.63) is 35.9 Å². The first kappa shape index (κ1) is 10.9. The van der Waals surface area contributed by atoms with Gasteiger partial charge in [0.25, 0.3) is 0 Å². The number of benzene rings is 1. The van der Waals surface area contributed by atoms with E-state index >= 15 is 0 Å². The molecule has 0 fully saturated rings. The zero-order chi connectivity index (χ0) is 10.4. The Balaban J connectivity index is 2.43. The summed E-state index contributed by atoms with van der Waals surface area (Å²) in [4.78, 5) is 0. The number of aliphatic hydroxyl groups is 1. The third-order valence-electron chi connectivity index (χ3n) is 1.87. The molecule has 1 rings (SSSR count). The maximum absolute atomic E-state index is 9.72. The Morgan fingerprint density at radius 3 is 2.64 bits per heavy atom. The molecule has 1 aromatic rings. The Morgan fingerprint density at radius 2 is 2.07 bits per heavy atom. The lowest BCUT2D eigenvalue weighted by Gasteiger charge is -2.13. The van der Waals surface area contributed by atoms with E-state index in [9.17, 15) is 5.11 Å². The molecule has 3 N–H and O–H groups in total. The van der Waals surface area contributed by atoms with E-state index in [1.165, 1.54) is 0 Å². The molecule has 76 valence electrons. The second-order valence-electron chi connectivity index (χ2n) is 2.89. The highest BCUT2D eigenvalue weighted by molar-refractivity contribution is 7.80. The molecule has 0 radical (unpaired) electrons. The van der Waals surface area contributed by atoms with Crippen molar-refractivity contribution in [2.45, 2.75) is 6.10 Å². The molecule has 0 bridgehead atoms. The fourth-order valence-electron chi connectivity index (χ4n) is 1.07. The topological polar surface area (TPSA) is 44.3 Å². The molecule has 14 heavy (non-hydrogen) atoms. The summed E-state index contributed by atoms with van der Waals surface area (Å²) in [7, 11) is 1.74. The number of thiocarbonyl (C=S) groups is 1. The molecule has 1 aromatic carbocycles. The van der Waals surface area contributed by atoms with Gasteiger partial charge in [-0.15, -0.1) is 0 Å². The summed E-state index contributed by atoms with van der Waals surface area (Å²) in [6.45, 7) is 0.420. The molecule has 0 amide bonds. The summed E-state index contributed by atoms with van der Waals surface area (Å²) < 4.78 is 0. The minimum absolute atomic E-state index is 0.420. The van der Waals surface area contributed by atoms with Gasteiger partial charge in [0.15, 0.2) is 5.11 Å². The average molecular weight is 210 g/mol. The van der Waals surface area contributed by atoms with E-state index < -0.39 is 6.10 Å². The van der Waals surface area contributed by atoms with Gasteiger partial charge in [-0.05, 0) is 17.8 Å². The zero-order valence-electron chi connectivity index (χ0n) is 8.03. The van der Waals surface area contributed by atoms with Crippen LogP contribution in [0.5, 0.6) is 0 Å². The summed E-state index contributed by atoms with van der Waals surface area (Å²) in [6.07, 6.45) is -0.525. The van der Waals surface area contributed by atoms with Crippen molar-refractivity contribution in [2.24, 2.45) is 0 Å². The summed E-state index contributed by atoms with van der Waals surface area (Å²) >= 11 is 4.89. The molecule has 1 unspecified atom stereocenters. The van der Waals surface area contributed by atoms with Gasteiger partial charge in [-0.2, -0.15) is 0 Å². The van der Waals surface area contributed by atoms with Crippen molar-refractivity contribution in [2.75, 3.05) is 13.6 Å². The molecule has 0 heterocycles. The molecule has 0 aliphatic rings. The van der Waals surface area contributed by atoms with Crippen LogP contribution in [0, 0.1) is 0 Å². The van der Waals surface area contributed by atoms with Gasteiger partial charge in [-0.1, -0.05) is 30.3 Å². The SMILES string of the molecule is CNC(=S)NCC(O)c1ccccc1. The third-order valence-corrected chi connectivity index (χ3v) is 2.22. The number of hydrogen-bond donors (Lipinski definition) is 3. The highest BCUT2D eigenvalue weighted by Crippen LogP contribution is 2.10. The molecule has 0 aliphatic heterocycles. The first-order valence-electron chi connectivity index (χ1n) is 4.42. The van der Waals surface area contributed by atoms with Crippen LogP contribution in [0.25, 0.3) is 0 Å². The lowest BCUT2D eigenvalue weighted by molar-refractivity contribution is 0.181. The van der Waals surface area contributed by atoms with Gasteiger partial charge in [0.05, 0.1) is 6.10 Å². The highest BCUT2D eigenvalue weighted by Gasteiger charge is 2.05. The number of nitrogens with one attached hydrogen (secondary N) is 2. The lowest BCUT2D eigenvalue weighted by atomic mass is 10.1. The van der Waals surface area contributed by atoms with E-state index in [4.69, 9.17) is 12.2 Å². The first-order valence-corrected chi connectivity index (χ1v) is 4.83. The minimum atomic E-state index is -0.525. The smallest absolute Gasteiger partial charge is 0.166 e. The Bertz CT molecular complexity index is 289. The molecule has 3 nitrogen and oxygen atoms in total. The number of rotatable bonds is 3. The highest BCUT2D eigenvalue weighted by atomic mass is 32.1. The van der Waals surface area contributed by atoms with Crippen molar-refractivity contribution in [3.63, 3.8) is 0 Å². The van der Waals surface area contributed by atoms with E-state index in [2.05, 4.69) is 10.6 Å². The summed E-state index contributed by atoms with van der Waals surface area (Å²) in [5.74, 6) is 0. The molecular weight excluding hydrogens is 196 g/mol. The predicted molar refractivity (Wildman–Crippen MR) is 61.1 cm³/mol. The lowest BCUT2D eigenvalue weighted by Crippen LogP contribution is -2.35. The Labute approximate surface area is 89.1 Å². The van der Waals surface area contributed by atoms with Crippen LogP contribution < -0.4 is 10.6 Å². The van der Waals surface area contributed by atoms with E-state index in [1.54, 1.807) is 7.05 Å². The normalized spacial score (nSPS) is 11.9. The number of hydrogen-bond acceptors (Lipinski definition) is 2. The van der Waals surface area contributed by atoms with Crippen LogP contribution in [0.4, 0.5) is 0 Å². The van der Waals surface area contributed by atoms with Gasteiger partial charge >= 0.3 is 0 Å². The summed E-state index contributed by atoms with van der Waals surface area (Å²) in [5, 5.41) is 15.9.